The molecule has 0 saturated heterocycles. The molecule has 0 radical (unpaired) electrons. The van der Waals surface area contributed by atoms with Crippen LogP contribution in [0.1, 0.15) is 38.7 Å². The molecule has 15 heavy (non-hydrogen) atoms. The summed E-state index contributed by atoms with van der Waals surface area (Å²) in [7, 11) is 0. The molecule has 1 unspecified atom stereocenters. The SMILES string of the molecule is CC(C)CC(N)CCCc1ccccc1. The molecule has 0 aliphatic carbocycles. The van der Waals surface area contributed by atoms with Gasteiger partial charge in [0.25, 0.3) is 0 Å². The van der Waals surface area contributed by atoms with Crippen molar-refractivity contribution in [2.75, 3.05) is 0 Å². The number of aryl methyl sites for hydroxylation is 1. The Hall–Kier alpha value is -0.820. The van der Waals surface area contributed by atoms with Gasteiger partial charge in [-0.15, -0.1) is 0 Å². The molecule has 0 amide bonds. The summed E-state index contributed by atoms with van der Waals surface area (Å²) in [4.78, 5) is 0. The van der Waals surface area contributed by atoms with Crippen LogP contribution in [0.15, 0.2) is 30.3 Å². The van der Waals surface area contributed by atoms with E-state index in [1.807, 2.05) is 0 Å². The maximum atomic E-state index is 6.04. The van der Waals surface area contributed by atoms with Crippen molar-refractivity contribution >= 4 is 0 Å². The Kier molecular flexibility index (Phi) is 5.41. The summed E-state index contributed by atoms with van der Waals surface area (Å²) in [6, 6.07) is 11.0. The third-order valence-corrected chi connectivity index (χ3v) is 2.66. The van der Waals surface area contributed by atoms with Crippen LogP contribution in [0, 0.1) is 5.92 Å². The van der Waals surface area contributed by atoms with Crippen LogP contribution >= 0.6 is 0 Å². The van der Waals surface area contributed by atoms with Crippen LogP contribution in [0.5, 0.6) is 0 Å². The minimum Gasteiger partial charge on any atom is -0.328 e. The zero-order chi connectivity index (χ0) is 11.1. The molecule has 0 heterocycles. The first kappa shape index (κ1) is 12.3. The Morgan fingerprint density at radius 3 is 2.40 bits per heavy atom. The van der Waals surface area contributed by atoms with Gasteiger partial charge in [-0.05, 0) is 37.2 Å². The van der Waals surface area contributed by atoms with Crippen molar-refractivity contribution < 1.29 is 0 Å². The first-order chi connectivity index (χ1) is 7.18. The molecule has 1 aromatic rings. The lowest BCUT2D eigenvalue weighted by Crippen LogP contribution is -2.21. The van der Waals surface area contributed by atoms with Crippen LogP contribution in [0.25, 0.3) is 0 Å². The minimum absolute atomic E-state index is 0.383. The molecule has 1 nitrogen and oxygen atoms in total. The summed E-state index contributed by atoms with van der Waals surface area (Å²) in [6.45, 7) is 4.47. The largest absolute Gasteiger partial charge is 0.328 e. The van der Waals surface area contributed by atoms with E-state index >= 15 is 0 Å². The number of nitrogens with two attached hydrogens (primary N) is 1. The van der Waals surface area contributed by atoms with Crippen LogP contribution in [0.2, 0.25) is 0 Å². The van der Waals surface area contributed by atoms with Crippen LogP contribution in [-0.2, 0) is 6.42 Å². The van der Waals surface area contributed by atoms with Crippen molar-refractivity contribution in [1.82, 2.24) is 0 Å². The van der Waals surface area contributed by atoms with Gasteiger partial charge in [-0.3, -0.25) is 0 Å². The molecule has 1 heteroatoms. The quantitative estimate of drug-likeness (QED) is 0.757. The third-order valence-electron chi connectivity index (χ3n) is 2.66. The van der Waals surface area contributed by atoms with Gasteiger partial charge < -0.3 is 5.73 Å². The van der Waals surface area contributed by atoms with Crippen LogP contribution in [-0.4, -0.2) is 6.04 Å². The number of hydrogen-bond donors (Lipinski definition) is 1. The number of hydrogen-bond acceptors (Lipinski definition) is 1. The number of rotatable bonds is 6. The molecule has 1 rings (SSSR count). The van der Waals surface area contributed by atoms with Crippen LogP contribution < -0.4 is 5.73 Å². The van der Waals surface area contributed by atoms with E-state index in [2.05, 4.69) is 44.2 Å². The summed E-state index contributed by atoms with van der Waals surface area (Å²) in [5.74, 6) is 0.719. The highest BCUT2D eigenvalue weighted by Crippen LogP contribution is 2.10. The summed E-state index contributed by atoms with van der Waals surface area (Å²) in [5.41, 5.74) is 7.46. The monoisotopic (exact) mass is 205 g/mol. The smallest absolute Gasteiger partial charge is 0.00413 e. The molecular formula is C14H23N. The zero-order valence-electron chi connectivity index (χ0n) is 9.95. The molecule has 0 aromatic heterocycles. The Morgan fingerprint density at radius 1 is 1.13 bits per heavy atom. The average molecular weight is 205 g/mol. The highest BCUT2D eigenvalue weighted by atomic mass is 14.6. The van der Waals surface area contributed by atoms with Gasteiger partial charge in [-0.2, -0.15) is 0 Å². The van der Waals surface area contributed by atoms with Crippen molar-refractivity contribution in [3.8, 4) is 0 Å². The number of benzene rings is 1. The lowest BCUT2D eigenvalue weighted by atomic mass is 9.98. The summed E-state index contributed by atoms with van der Waals surface area (Å²) >= 11 is 0. The molecule has 0 aliphatic heterocycles. The normalized spacial score (nSPS) is 13.1. The topological polar surface area (TPSA) is 26.0 Å². The minimum atomic E-state index is 0.383. The maximum Gasteiger partial charge on any atom is 0.00413 e. The third kappa shape index (κ3) is 5.58. The summed E-state index contributed by atoms with van der Waals surface area (Å²) < 4.78 is 0. The Bertz CT molecular complexity index is 253. The van der Waals surface area contributed by atoms with E-state index in [0.29, 0.717) is 6.04 Å². The van der Waals surface area contributed by atoms with Crippen molar-refractivity contribution in [1.29, 1.82) is 0 Å². The highest BCUT2D eigenvalue weighted by Gasteiger charge is 2.04. The van der Waals surface area contributed by atoms with E-state index in [1.54, 1.807) is 0 Å². The van der Waals surface area contributed by atoms with E-state index in [4.69, 9.17) is 5.73 Å². The van der Waals surface area contributed by atoms with Crippen molar-refractivity contribution in [3.63, 3.8) is 0 Å². The molecule has 0 bridgehead atoms. The Labute approximate surface area is 93.7 Å². The van der Waals surface area contributed by atoms with Crippen molar-refractivity contribution in [2.45, 2.75) is 45.6 Å². The van der Waals surface area contributed by atoms with Gasteiger partial charge in [0.05, 0.1) is 0 Å². The first-order valence-electron chi connectivity index (χ1n) is 5.98. The van der Waals surface area contributed by atoms with Gasteiger partial charge in [0.1, 0.15) is 0 Å². The van der Waals surface area contributed by atoms with E-state index in [-0.39, 0.29) is 0 Å². The van der Waals surface area contributed by atoms with E-state index < -0.39 is 0 Å². The molecule has 0 fully saturated rings. The standard InChI is InChI=1S/C14H23N/c1-12(2)11-14(15)10-6-9-13-7-4-3-5-8-13/h3-5,7-8,12,14H,6,9-11,15H2,1-2H3. The fourth-order valence-electron chi connectivity index (χ4n) is 1.94. The predicted molar refractivity (Wildman–Crippen MR) is 66.8 cm³/mol. The van der Waals surface area contributed by atoms with Crippen LogP contribution in [0.3, 0.4) is 0 Å². The molecule has 0 aliphatic rings. The second-order valence-electron chi connectivity index (χ2n) is 4.77. The van der Waals surface area contributed by atoms with Gasteiger partial charge in [0.15, 0.2) is 0 Å². The Morgan fingerprint density at radius 2 is 1.80 bits per heavy atom. The summed E-state index contributed by atoms with van der Waals surface area (Å²) in [6.07, 6.45) is 4.66. The van der Waals surface area contributed by atoms with Crippen LogP contribution in [0.4, 0.5) is 0 Å². The van der Waals surface area contributed by atoms with E-state index in [1.165, 1.54) is 12.0 Å². The molecule has 1 atom stereocenters. The van der Waals surface area contributed by atoms with Crippen molar-refractivity contribution in [2.24, 2.45) is 11.7 Å². The molecule has 0 spiro atoms. The Balaban J connectivity index is 2.16. The average Bonchev–Trinajstić information content (AvgIpc) is 2.18. The van der Waals surface area contributed by atoms with Gasteiger partial charge in [0, 0.05) is 6.04 Å². The first-order valence-corrected chi connectivity index (χ1v) is 5.98. The molecule has 84 valence electrons. The lowest BCUT2D eigenvalue weighted by Gasteiger charge is -2.13. The second-order valence-corrected chi connectivity index (χ2v) is 4.77. The van der Waals surface area contributed by atoms with Gasteiger partial charge in [-0.1, -0.05) is 44.2 Å². The maximum absolute atomic E-state index is 6.04. The van der Waals surface area contributed by atoms with Crippen molar-refractivity contribution in [3.05, 3.63) is 35.9 Å². The highest BCUT2D eigenvalue weighted by molar-refractivity contribution is 5.14. The zero-order valence-corrected chi connectivity index (χ0v) is 9.95. The molecule has 1 aromatic carbocycles. The molecule has 0 saturated carbocycles. The molecular weight excluding hydrogens is 182 g/mol. The summed E-state index contributed by atoms with van der Waals surface area (Å²) in [5, 5.41) is 0. The van der Waals surface area contributed by atoms with Gasteiger partial charge in [0.2, 0.25) is 0 Å². The lowest BCUT2D eigenvalue weighted by molar-refractivity contribution is 0.463. The fourth-order valence-corrected chi connectivity index (χ4v) is 1.94. The van der Waals surface area contributed by atoms with E-state index in [9.17, 15) is 0 Å². The molecule has 2 N–H and O–H groups in total. The fraction of sp³-hybridized carbons (Fsp3) is 0.571. The second kappa shape index (κ2) is 6.62. The van der Waals surface area contributed by atoms with Gasteiger partial charge in [-0.25, -0.2) is 0 Å². The van der Waals surface area contributed by atoms with E-state index in [0.717, 1.165) is 25.2 Å². The predicted octanol–water partition coefficient (Wildman–Crippen LogP) is 3.38. The van der Waals surface area contributed by atoms with Gasteiger partial charge >= 0.3 is 0 Å².